The van der Waals surface area contributed by atoms with Crippen LogP contribution in [0.15, 0.2) is 58.0 Å². The Balaban J connectivity index is 1.42. The minimum Gasteiger partial charge on any atom is -0.351 e. The summed E-state index contributed by atoms with van der Waals surface area (Å²) in [6, 6.07) is 12.0. The SMILES string of the molecule is O=C(NCc1cccs1)[C@@H]1CCCN(c2nc3ccsc3c(=O)n2Cc2ccc(F)cc2)C1. The van der Waals surface area contributed by atoms with E-state index < -0.39 is 0 Å². The second kappa shape index (κ2) is 9.44. The van der Waals surface area contributed by atoms with Crippen LogP contribution in [0.5, 0.6) is 0 Å². The fourth-order valence-electron chi connectivity index (χ4n) is 4.19. The van der Waals surface area contributed by atoms with Gasteiger partial charge in [0, 0.05) is 18.0 Å². The Hall–Kier alpha value is -3.04. The zero-order valence-corrected chi connectivity index (χ0v) is 19.5. The summed E-state index contributed by atoms with van der Waals surface area (Å²) in [5.41, 5.74) is 1.37. The van der Waals surface area contributed by atoms with Crippen LogP contribution in [0.3, 0.4) is 0 Å². The highest BCUT2D eigenvalue weighted by Gasteiger charge is 2.28. The number of benzene rings is 1. The van der Waals surface area contributed by atoms with Gasteiger partial charge in [-0.15, -0.1) is 22.7 Å². The number of fused-ring (bicyclic) bond motifs is 1. The van der Waals surface area contributed by atoms with Crippen LogP contribution in [0.25, 0.3) is 10.2 Å². The molecule has 1 aliphatic rings. The fraction of sp³-hybridized carbons (Fsp3) is 0.292. The lowest BCUT2D eigenvalue weighted by atomic mass is 9.97. The molecule has 1 fully saturated rings. The third kappa shape index (κ3) is 4.69. The highest BCUT2D eigenvalue weighted by atomic mass is 32.1. The summed E-state index contributed by atoms with van der Waals surface area (Å²) in [6.07, 6.45) is 1.64. The molecule has 4 aromatic rings. The van der Waals surface area contributed by atoms with Crippen molar-refractivity contribution in [1.82, 2.24) is 14.9 Å². The van der Waals surface area contributed by atoms with Crippen molar-refractivity contribution in [2.45, 2.75) is 25.9 Å². The third-order valence-electron chi connectivity index (χ3n) is 5.89. The number of aromatic nitrogens is 2. The Labute approximate surface area is 198 Å². The molecule has 170 valence electrons. The molecule has 0 bridgehead atoms. The van der Waals surface area contributed by atoms with E-state index in [0.29, 0.717) is 35.8 Å². The Morgan fingerprint density at radius 1 is 1.15 bits per heavy atom. The first-order valence-electron chi connectivity index (χ1n) is 10.9. The van der Waals surface area contributed by atoms with Crippen molar-refractivity contribution in [2.75, 3.05) is 18.0 Å². The smallest absolute Gasteiger partial charge is 0.273 e. The average molecular weight is 483 g/mol. The van der Waals surface area contributed by atoms with Crippen molar-refractivity contribution in [3.05, 3.63) is 79.8 Å². The zero-order valence-electron chi connectivity index (χ0n) is 17.9. The largest absolute Gasteiger partial charge is 0.351 e. The summed E-state index contributed by atoms with van der Waals surface area (Å²) < 4.78 is 15.6. The van der Waals surface area contributed by atoms with Crippen molar-refractivity contribution in [1.29, 1.82) is 0 Å². The van der Waals surface area contributed by atoms with Crippen LogP contribution in [0.4, 0.5) is 10.3 Å². The standard InChI is InChI=1S/C24H23FN4O2S2/c25-18-7-5-16(6-8-18)14-29-23(31)21-20(9-12-33-21)27-24(29)28-10-1-3-17(15-28)22(30)26-13-19-4-2-11-32-19/h2,4-9,11-12,17H,1,3,10,13-15H2,(H,26,30)/t17-/m1/s1. The molecule has 0 saturated carbocycles. The van der Waals surface area contributed by atoms with E-state index in [1.807, 2.05) is 33.9 Å². The molecule has 0 spiro atoms. The number of thiophene rings is 2. The van der Waals surface area contributed by atoms with Crippen LogP contribution < -0.4 is 15.8 Å². The van der Waals surface area contributed by atoms with E-state index in [1.165, 1.54) is 23.5 Å². The molecule has 1 aliphatic heterocycles. The van der Waals surface area contributed by atoms with Gasteiger partial charge in [0.25, 0.3) is 5.56 Å². The van der Waals surface area contributed by atoms with E-state index in [0.717, 1.165) is 29.8 Å². The number of amides is 1. The molecule has 4 heterocycles. The summed E-state index contributed by atoms with van der Waals surface area (Å²) >= 11 is 2.99. The van der Waals surface area contributed by atoms with Crippen LogP contribution in [0, 0.1) is 11.7 Å². The van der Waals surface area contributed by atoms with E-state index in [9.17, 15) is 14.0 Å². The topological polar surface area (TPSA) is 67.2 Å². The van der Waals surface area contributed by atoms with Crippen molar-refractivity contribution >= 4 is 44.7 Å². The molecule has 3 aromatic heterocycles. The van der Waals surface area contributed by atoms with Gasteiger partial charge in [-0.25, -0.2) is 9.37 Å². The second-order valence-electron chi connectivity index (χ2n) is 8.15. The van der Waals surface area contributed by atoms with Gasteiger partial charge in [-0.05, 0) is 53.4 Å². The predicted octanol–water partition coefficient (Wildman–Crippen LogP) is 4.24. The summed E-state index contributed by atoms with van der Waals surface area (Å²) in [5, 5.41) is 6.91. The number of carbonyl (C=O) groups excluding carboxylic acids is 1. The van der Waals surface area contributed by atoms with E-state index in [1.54, 1.807) is 28.0 Å². The van der Waals surface area contributed by atoms with Crippen molar-refractivity contribution in [2.24, 2.45) is 5.92 Å². The van der Waals surface area contributed by atoms with E-state index in [2.05, 4.69) is 5.32 Å². The van der Waals surface area contributed by atoms with Gasteiger partial charge in [-0.2, -0.15) is 0 Å². The zero-order chi connectivity index (χ0) is 22.8. The Morgan fingerprint density at radius 2 is 2.00 bits per heavy atom. The molecule has 1 atom stereocenters. The average Bonchev–Trinajstić information content (AvgIpc) is 3.53. The molecular weight excluding hydrogens is 459 g/mol. The number of halogens is 1. The van der Waals surface area contributed by atoms with Gasteiger partial charge in [0.05, 0.1) is 24.5 Å². The third-order valence-corrected chi connectivity index (χ3v) is 7.66. The summed E-state index contributed by atoms with van der Waals surface area (Å²) in [4.78, 5) is 34.2. The fourth-order valence-corrected chi connectivity index (χ4v) is 5.62. The molecule has 0 unspecified atom stereocenters. The molecule has 1 amide bonds. The van der Waals surface area contributed by atoms with Crippen LogP contribution in [-0.2, 0) is 17.9 Å². The summed E-state index contributed by atoms with van der Waals surface area (Å²) in [6.45, 7) is 2.05. The number of nitrogens with one attached hydrogen (secondary N) is 1. The molecular formula is C24H23FN4O2S2. The molecule has 9 heteroatoms. The first-order chi connectivity index (χ1) is 16.1. The Kier molecular flexibility index (Phi) is 6.24. The summed E-state index contributed by atoms with van der Waals surface area (Å²) in [7, 11) is 0. The minimum absolute atomic E-state index is 0.0251. The summed E-state index contributed by atoms with van der Waals surface area (Å²) in [5.74, 6) is 0.0989. The van der Waals surface area contributed by atoms with Crippen LogP contribution in [0.2, 0.25) is 0 Å². The number of nitrogens with zero attached hydrogens (tertiary/aromatic N) is 3. The maximum Gasteiger partial charge on any atom is 0.273 e. The van der Waals surface area contributed by atoms with E-state index in [4.69, 9.17) is 4.98 Å². The van der Waals surface area contributed by atoms with Gasteiger partial charge < -0.3 is 10.2 Å². The maximum absolute atomic E-state index is 13.4. The van der Waals surface area contributed by atoms with Gasteiger partial charge in [0.1, 0.15) is 10.5 Å². The number of rotatable bonds is 6. The monoisotopic (exact) mass is 482 g/mol. The molecule has 0 aliphatic carbocycles. The van der Waals surface area contributed by atoms with Gasteiger partial charge in [0.15, 0.2) is 0 Å². The van der Waals surface area contributed by atoms with E-state index in [-0.39, 0.29) is 23.2 Å². The molecule has 1 aromatic carbocycles. The number of hydrogen-bond donors (Lipinski definition) is 1. The Bertz CT molecular complexity index is 1310. The molecule has 33 heavy (non-hydrogen) atoms. The lowest BCUT2D eigenvalue weighted by Gasteiger charge is -2.34. The molecule has 5 rings (SSSR count). The lowest BCUT2D eigenvalue weighted by molar-refractivity contribution is -0.125. The Morgan fingerprint density at radius 3 is 2.79 bits per heavy atom. The molecule has 0 radical (unpaired) electrons. The van der Waals surface area contributed by atoms with Crippen molar-refractivity contribution < 1.29 is 9.18 Å². The van der Waals surface area contributed by atoms with Crippen LogP contribution in [-0.4, -0.2) is 28.5 Å². The van der Waals surface area contributed by atoms with Crippen LogP contribution in [0.1, 0.15) is 23.3 Å². The molecule has 1 N–H and O–H groups in total. The number of hydrogen-bond acceptors (Lipinski definition) is 6. The minimum atomic E-state index is -0.314. The van der Waals surface area contributed by atoms with Gasteiger partial charge in [-0.1, -0.05) is 18.2 Å². The quantitative estimate of drug-likeness (QED) is 0.446. The highest BCUT2D eigenvalue weighted by molar-refractivity contribution is 7.17. The number of carbonyl (C=O) groups is 1. The second-order valence-corrected chi connectivity index (χ2v) is 10.1. The number of piperidine rings is 1. The number of anilines is 1. The van der Waals surface area contributed by atoms with Crippen molar-refractivity contribution in [3.63, 3.8) is 0 Å². The van der Waals surface area contributed by atoms with Crippen LogP contribution >= 0.6 is 22.7 Å². The van der Waals surface area contributed by atoms with Gasteiger partial charge in [0.2, 0.25) is 11.9 Å². The maximum atomic E-state index is 13.4. The van der Waals surface area contributed by atoms with Gasteiger partial charge >= 0.3 is 0 Å². The molecule has 6 nitrogen and oxygen atoms in total. The predicted molar refractivity (Wildman–Crippen MR) is 130 cm³/mol. The highest BCUT2D eigenvalue weighted by Crippen LogP contribution is 2.25. The van der Waals surface area contributed by atoms with Gasteiger partial charge in [-0.3, -0.25) is 14.2 Å². The lowest BCUT2D eigenvalue weighted by Crippen LogP contribution is -2.45. The first kappa shape index (κ1) is 21.8. The first-order valence-corrected chi connectivity index (χ1v) is 12.6. The van der Waals surface area contributed by atoms with Crippen molar-refractivity contribution in [3.8, 4) is 0 Å². The normalized spacial score (nSPS) is 16.3. The molecule has 1 saturated heterocycles. The van der Waals surface area contributed by atoms with E-state index >= 15 is 0 Å².